The molecule has 0 fully saturated rings. The summed E-state index contributed by atoms with van der Waals surface area (Å²) in [7, 11) is 0. The molecule has 1 aliphatic rings. The Balaban J connectivity index is 2.52. The van der Waals surface area contributed by atoms with Gasteiger partial charge in [0, 0.05) is 12.7 Å². The third-order valence-corrected chi connectivity index (χ3v) is 1.53. The zero-order valence-corrected chi connectivity index (χ0v) is 5.99. The Morgan fingerprint density at radius 2 is 2.40 bits per heavy atom. The molecule has 0 aromatic rings. The van der Waals surface area contributed by atoms with Crippen LogP contribution in [0.4, 0.5) is 0 Å². The molecule has 0 bridgehead atoms. The molecule has 10 heavy (non-hydrogen) atoms. The largest absolute Gasteiger partial charge is 0.358 e. The van der Waals surface area contributed by atoms with Gasteiger partial charge >= 0.3 is 0 Å². The summed E-state index contributed by atoms with van der Waals surface area (Å²) >= 11 is 0. The molecule has 1 unspecified atom stereocenters. The molecule has 0 spiro atoms. The number of allylic oxidation sites excluding steroid dienone is 2. The van der Waals surface area contributed by atoms with Crippen LogP contribution < -0.4 is 0 Å². The van der Waals surface area contributed by atoms with Gasteiger partial charge in [0.2, 0.25) is 0 Å². The Morgan fingerprint density at radius 1 is 1.60 bits per heavy atom. The van der Waals surface area contributed by atoms with E-state index in [1.165, 1.54) is 0 Å². The predicted octanol–water partition coefficient (Wildman–Crippen LogP) is 1.28. The van der Waals surface area contributed by atoms with Crippen LogP contribution in [-0.4, -0.2) is 17.5 Å². The van der Waals surface area contributed by atoms with E-state index in [9.17, 15) is 0 Å². The third kappa shape index (κ3) is 1.38. The lowest BCUT2D eigenvalue weighted by Crippen LogP contribution is -2.27. The molecule has 0 saturated carbocycles. The van der Waals surface area contributed by atoms with Crippen molar-refractivity contribution in [3.05, 3.63) is 24.4 Å². The second-order valence-electron chi connectivity index (χ2n) is 2.27. The fourth-order valence-electron chi connectivity index (χ4n) is 0.844. The van der Waals surface area contributed by atoms with Gasteiger partial charge in [0.05, 0.1) is 6.07 Å². The van der Waals surface area contributed by atoms with Gasteiger partial charge in [0.25, 0.3) is 0 Å². The Hall–Kier alpha value is -1.23. The van der Waals surface area contributed by atoms with E-state index in [1.807, 2.05) is 36.3 Å². The summed E-state index contributed by atoms with van der Waals surface area (Å²) < 4.78 is 0. The Kier molecular flexibility index (Phi) is 2.11. The maximum Gasteiger partial charge on any atom is 0.113 e. The lowest BCUT2D eigenvalue weighted by Gasteiger charge is -2.22. The van der Waals surface area contributed by atoms with Crippen molar-refractivity contribution in [2.24, 2.45) is 0 Å². The molecule has 1 aliphatic heterocycles. The van der Waals surface area contributed by atoms with Gasteiger partial charge in [-0.3, -0.25) is 0 Å². The maximum atomic E-state index is 8.54. The minimum Gasteiger partial charge on any atom is -0.358 e. The molecule has 52 valence electrons. The Morgan fingerprint density at radius 3 is 2.90 bits per heavy atom. The quantitative estimate of drug-likeness (QED) is 0.540. The van der Waals surface area contributed by atoms with Gasteiger partial charge in [0.15, 0.2) is 0 Å². The van der Waals surface area contributed by atoms with E-state index in [0.29, 0.717) is 0 Å². The molecule has 2 heteroatoms. The van der Waals surface area contributed by atoms with E-state index in [2.05, 4.69) is 6.07 Å². The van der Waals surface area contributed by atoms with Crippen LogP contribution >= 0.6 is 0 Å². The summed E-state index contributed by atoms with van der Waals surface area (Å²) in [5.74, 6) is 0. The van der Waals surface area contributed by atoms with Gasteiger partial charge in [-0.1, -0.05) is 12.2 Å². The van der Waals surface area contributed by atoms with E-state index in [4.69, 9.17) is 5.26 Å². The van der Waals surface area contributed by atoms with E-state index >= 15 is 0 Å². The van der Waals surface area contributed by atoms with Crippen LogP contribution in [0.25, 0.3) is 0 Å². The van der Waals surface area contributed by atoms with Crippen molar-refractivity contribution in [2.75, 3.05) is 6.54 Å². The van der Waals surface area contributed by atoms with Crippen molar-refractivity contribution in [3.8, 4) is 6.07 Å². The molecule has 2 nitrogen and oxygen atoms in total. The molecule has 0 aliphatic carbocycles. The Labute approximate surface area is 61.1 Å². The average molecular weight is 134 g/mol. The number of nitrogens with zero attached hydrogens (tertiary/aromatic N) is 2. The standard InChI is InChI=1S/C8H10N2/c1-8(7-9)10-5-3-2-4-6-10/h2-5,8H,6H2,1H3. The summed E-state index contributed by atoms with van der Waals surface area (Å²) in [6.45, 7) is 2.74. The number of nitriles is 1. The van der Waals surface area contributed by atoms with Crippen molar-refractivity contribution in [1.29, 1.82) is 5.26 Å². The summed E-state index contributed by atoms with van der Waals surface area (Å²) in [6.07, 6.45) is 7.90. The van der Waals surface area contributed by atoms with Crippen LogP contribution in [0.15, 0.2) is 24.4 Å². The van der Waals surface area contributed by atoms with Crippen molar-refractivity contribution in [2.45, 2.75) is 13.0 Å². The molecular formula is C8H10N2. The monoisotopic (exact) mass is 134 g/mol. The van der Waals surface area contributed by atoms with Crippen molar-refractivity contribution in [1.82, 2.24) is 4.90 Å². The van der Waals surface area contributed by atoms with Crippen molar-refractivity contribution in [3.63, 3.8) is 0 Å². The van der Waals surface area contributed by atoms with E-state index in [-0.39, 0.29) is 6.04 Å². The molecule has 0 amide bonds. The summed E-state index contributed by atoms with van der Waals surface area (Å²) in [5.41, 5.74) is 0. The highest BCUT2D eigenvalue weighted by molar-refractivity contribution is 5.11. The zero-order chi connectivity index (χ0) is 7.40. The topological polar surface area (TPSA) is 27.0 Å². The molecular weight excluding hydrogens is 124 g/mol. The first kappa shape index (κ1) is 6.88. The lowest BCUT2D eigenvalue weighted by atomic mass is 10.3. The first-order valence-electron chi connectivity index (χ1n) is 3.33. The van der Waals surface area contributed by atoms with Gasteiger partial charge in [-0.15, -0.1) is 0 Å². The van der Waals surface area contributed by atoms with Gasteiger partial charge < -0.3 is 4.90 Å². The first-order chi connectivity index (χ1) is 4.84. The van der Waals surface area contributed by atoms with Gasteiger partial charge in [-0.2, -0.15) is 5.26 Å². The molecule has 1 rings (SSSR count). The molecule has 0 aromatic carbocycles. The van der Waals surface area contributed by atoms with Crippen LogP contribution in [-0.2, 0) is 0 Å². The van der Waals surface area contributed by atoms with Gasteiger partial charge in [-0.25, -0.2) is 0 Å². The van der Waals surface area contributed by atoms with E-state index < -0.39 is 0 Å². The van der Waals surface area contributed by atoms with Crippen molar-refractivity contribution >= 4 is 0 Å². The average Bonchev–Trinajstić information content (AvgIpc) is 2.05. The van der Waals surface area contributed by atoms with E-state index in [0.717, 1.165) is 6.54 Å². The molecule has 1 heterocycles. The highest BCUT2D eigenvalue weighted by Crippen LogP contribution is 2.02. The predicted molar refractivity (Wildman–Crippen MR) is 40.1 cm³/mol. The molecule has 0 aromatic heterocycles. The highest BCUT2D eigenvalue weighted by atomic mass is 15.1. The number of hydrogen-bond donors (Lipinski definition) is 0. The minimum atomic E-state index is -0.0128. The van der Waals surface area contributed by atoms with Crippen LogP contribution in [0.2, 0.25) is 0 Å². The van der Waals surface area contributed by atoms with Gasteiger partial charge in [-0.05, 0) is 13.0 Å². The molecule has 0 N–H and O–H groups in total. The summed E-state index contributed by atoms with van der Waals surface area (Å²) in [5, 5.41) is 8.54. The normalized spacial score (nSPS) is 18.6. The number of hydrogen-bond acceptors (Lipinski definition) is 2. The number of rotatable bonds is 1. The maximum absolute atomic E-state index is 8.54. The fraction of sp³-hybridized carbons (Fsp3) is 0.375. The van der Waals surface area contributed by atoms with Crippen LogP contribution in [0.5, 0.6) is 0 Å². The molecule has 1 atom stereocenters. The fourth-order valence-corrected chi connectivity index (χ4v) is 0.844. The smallest absolute Gasteiger partial charge is 0.113 e. The van der Waals surface area contributed by atoms with Crippen LogP contribution in [0.1, 0.15) is 6.92 Å². The SMILES string of the molecule is CC(C#N)N1C=CC=CC1. The molecule has 0 saturated heterocycles. The highest BCUT2D eigenvalue weighted by Gasteiger charge is 2.06. The second kappa shape index (κ2) is 3.07. The van der Waals surface area contributed by atoms with E-state index in [1.54, 1.807) is 0 Å². The minimum absolute atomic E-state index is 0.0128. The third-order valence-electron chi connectivity index (χ3n) is 1.53. The first-order valence-corrected chi connectivity index (χ1v) is 3.33. The zero-order valence-electron chi connectivity index (χ0n) is 5.99. The van der Waals surface area contributed by atoms with Crippen LogP contribution in [0, 0.1) is 11.3 Å². The Bertz CT molecular complexity index is 198. The van der Waals surface area contributed by atoms with Crippen LogP contribution in [0.3, 0.4) is 0 Å². The summed E-state index contributed by atoms with van der Waals surface area (Å²) in [6, 6.07) is 2.16. The summed E-state index contributed by atoms with van der Waals surface area (Å²) in [4.78, 5) is 1.99. The molecule has 0 radical (unpaired) electrons. The lowest BCUT2D eigenvalue weighted by molar-refractivity contribution is 0.374. The van der Waals surface area contributed by atoms with Crippen molar-refractivity contribution < 1.29 is 0 Å². The van der Waals surface area contributed by atoms with Gasteiger partial charge in [0.1, 0.15) is 6.04 Å². The second-order valence-corrected chi connectivity index (χ2v) is 2.27.